The summed E-state index contributed by atoms with van der Waals surface area (Å²) in [7, 11) is 0. The average molecular weight is 264 g/mol. The van der Waals surface area contributed by atoms with Crippen LogP contribution in [0.3, 0.4) is 0 Å². The number of halogens is 1. The third kappa shape index (κ3) is 3.14. The van der Waals surface area contributed by atoms with Gasteiger partial charge in [-0.15, -0.1) is 0 Å². The Morgan fingerprint density at radius 2 is 2.36 bits per heavy atom. The molecule has 0 nitrogen and oxygen atoms in total. The minimum absolute atomic E-state index is 0.933. The molecular weight excluding hydrogens is 247 g/mol. The van der Waals surface area contributed by atoms with Gasteiger partial charge in [0.2, 0.25) is 0 Å². The highest BCUT2D eigenvalue weighted by atomic mass is 127. The van der Waals surface area contributed by atoms with Gasteiger partial charge in [-0.2, -0.15) is 0 Å². The fourth-order valence-electron chi connectivity index (χ4n) is 1.65. The van der Waals surface area contributed by atoms with Crippen LogP contribution in [0, 0.1) is 5.92 Å². The quantitative estimate of drug-likeness (QED) is 0.524. The fraction of sp³-hybridized carbons (Fsp3) is 0.800. The first kappa shape index (κ1) is 9.56. The molecule has 1 atom stereocenters. The van der Waals surface area contributed by atoms with Crippen LogP contribution < -0.4 is 0 Å². The summed E-state index contributed by atoms with van der Waals surface area (Å²) in [6.45, 7) is 2.27. The van der Waals surface area contributed by atoms with E-state index in [1.54, 1.807) is 3.58 Å². The predicted molar refractivity (Wildman–Crippen MR) is 59.0 cm³/mol. The third-order valence-electron chi connectivity index (χ3n) is 2.40. The van der Waals surface area contributed by atoms with Crippen LogP contribution in [0.15, 0.2) is 9.66 Å². The maximum absolute atomic E-state index is 2.51. The van der Waals surface area contributed by atoms with E-state index in [1.807, 2.05) is 0 Å². The lowest BCUT2D eigenvalue weighted by Gasteiger charge is -2.08. The maximum atomic E-state index is 2.51. The van der Waals surface area contributed by atoms with Crippen molar-refractivity contribution in [2.45, 2.75) is 45.4 Å². The number of hydrogen-bond acceptors (Lipinski definition) is 0. The van der Waals surface area contributed by atoms with Crippen LogP contribution in [0.25, 0.3) is 0 Å². The minimum atomic E-state index is 0.933. The number of allylic oxidation sites excluding steroid dienone is 2. The highest BCUT2D eigenvalue weighted by Crippen LogP contribution is 2.34. The molecule has 0 aliphatic heterocycles. The first-order chi connectivity index (χ1) is 5.34. The van der Waals surface area contributed by atoms with Crippen molar-refractivity contribution < 1.29 is 0 Å². The maximum Gasteiger partial charge on any atom is -0.0103 e. The Balaban J connectivity index is 2.12. The molecule has 0 spiro atoms. The van der Waals surface area contributed by atoms with Gasteiger partial charge in [0.05, 0.1) is 0 Å². The zero-order valence-corrected chi connectivity index (χ0v) is 9.43. The summed E-state index contributed by atoms with van der Waals surface area (Å²) in [6, 6.07) is 0. The van der Waals surface area contributed by atoms with Gasteiger partial charge in [0.15, 0.2) is 0 Å². The fourth-order valence-corrected chi connectivity index (χ4v) is 2.58. The van der Waals surface area contributed by atoms with Gasteiger partial charge in [0, 0.05) is 0 Å². The van der Waals surface area contributed by atoms with Crippen molar-refractivity contribution >= 4 is 22.6 Å². The largest absolute Gasteiger partial charge is 0.0749 e. The minimum Gasteiger partial charge on any atom is -0.0749 e. The van der Waals surface area contributed by atoms with E-state index in [9.17, 15) is 0 Å². The van der Waals surface area contributed by atoms with Gasteiger partial charge >= 0.3 is 0 Å². The topological polar surface area (TPSA) is 0 Å². The van der Waals surface area contributed by atoms with E-state index in [0.717, 1.165) is 5.92 Å². The molecule has 0 bridgehead atoms. The molecule has 0 radical (unpaired) electrons. The zero-order chi connectivity index (χ0) is 8.10. The summed E-state index contributed by atoms with van der Waals surface area (Å²) in [5.74, 6) is 0.933. The average Bonchev–Trinajstić information content (AvgIpc) is 2.37. The molecule has 64 valence electrons. The molecule has 0 amide bonds. The lowest BCUT2D eigenvalue weighted by molar-refractivity contribution is 0.529. The Kier molecular flexibility index (Phi) is 4.50. The van der Waals surface area contributed by atoms with Gasteiger partial charge in [-0.3, -0.25) is 0 Å². The summed E-state index contributed by atoms with van der Waals surface area (Å²) in [5, 5.41) is 0. The van der Waals surface area contributed by atoms with Crippen molar-refractivity contribution in [1.29, 1.82) is 0 Å². The Hall–Kier alpha value is 0.470. The SMILES string of the molecule is CCCCC[C@H]1CCC=C1I. The summed E-state index contributed by atoms with van der Waals surface area (Å²) < 4.78 is 1.62. The van der Waals surface area contributed by atoms with E-state index in [4.69, 9.17) is 0 Å². The van der Waals surface area contributed by atoms with Gasteiger partial charge in [-0.1, -0.05) is 32.3 Å². The molecule has 0 saturated heterocycles. The van der Waals surface area contributed by atoms with Crippen LogP contribution in [0.5, 0.6) is 0 Å². The van der Waals surface area contributed by atoms with Gasteiger partial charge in [0.1, 0.15) is 0 Å². The molecule has 0 aromatic rings. The number of rotatable bonds is 4. The smallest absolute Gasteiger partial charge is 0.0103 e. The van der Waals surface area contributed by atoms with E-state index in [0.29, 0.717) is 0 Å². The second-order valence-electron chi connectivity index (χ2n) is 3.36. The lowest BCUT2D eigenvalue weighted by atomic mass is 10.0. The molecule has 1 aliphatic carbocycles. The summed E-state index contributed by atoms with van der Waals surface area (Å²) in [4.78, 5) is 0. The second-order valence-corrected chi connectivity index (χ2v) is 4.60. The molecular formula is C10H17I. The van der Waals surface area contributed by atoms with E-state index >= 15 is 0 Å². The molecule has 11 heavy (non-hydrogen) atoms. The predicted octanol–water partition coefficient (Wildman–Crippen LogP) is 4.30. The molecule has 0 N–H and O–H groups in total. The second kappa shape index (κ2) is 5.18. The van der Waals surface area contributed by atoms with Crippen LogP contribution in [-0.4, -0.2) is 0 Å². The molecule has 1 heteroatoms. The molecule has 0 saturated carbocycles. The monoisotopic (exact) mass is 264 g/mol. The molecule has 1 aliphatic rings. The van der Waals surface area contributed by atoms with Crippen molar-refractivity contribution in [3.05, 3.63) is 9.66 Å². The van der Waals surface area contributed by atoms with Crippen molar-refractivity contribution in [1.82, 2.24) is 0 Å². The van der Waals surface area contributed by atoms with Crippen molar-refractivity contribution in [2.24, 2.45) is 5.92 Å². The Labute approximate surface area is 83.6 Å². The van der Waals surface area contributed by atoms with Gasteiger partial charge in [-0.05, 0) is 51.4 Å². The van der Waals surface area contributed by atoms with Crippen molar-refractivity contribution in [3.8, 4) is 0 Å². The number of hydrogen-bond donors (Lipinski definition) is 0. The van der Waals surface area contributed by atoms with E-state index in [-0.39, 0.29) is 0 Å². The molecule has 0 fully saturated rings. The highest BCUT2D eigenvalue weighted by Gasteiger charge is 2.15. The third-order valence-corrected chi connectivity index (χ3v) is 3.72. The van der Waals surface area contributed by atoms with Crippen LogP contribution in [0.2, 0.25) is 0 Å². The molecule has 0 unspecified atom stereocenters. The lowest BCUT2D eigenvalue weighted by Crippen LogP contribution is -1.94. The van der Waals surface area contributed by atoms with Crippen LogP contribution in [0.4, 0.5) is 0 Å². The van der Waals surface area contributed by atoms with E-state index in [2.05, 4.69) is 35.6 Å². The summed E-state index contributed by atoms with van der Waals surface area (Å²) >= 11 is 2.51. The summed E-state index contributed by atoms with van der Waals surface area (Å²) in [5.41, 5.74) is 0. The number of unbranched alkanes of at least 4 members (excludes halogenated alkanes) is 2. The van der Waals surface area contributed by atoms with Crippen LogP contribution >= 0.6 is 22.6 Å². The molecule has 0 aromatic carbocycles. The summed E-state index contributed by atoms with van der Waals surface area (Å²) in [6.07, 6.45) is 10.8. The Morgan fingerprint density at radius 3 is 2.91 bits per heavy atom. The standard InChI is InChI=1S/C10H17I/c1-2-3-4-6-9-7-5-8-10(9)11/h8-9H,2-7H2,1H3/t9-/m0/s1. The normalized spacial score (nSPS) is 23.8. The molecule has 0 heterocycles. The highest BCUT2D eigenvalue weighted by molar-refractivity contribution is 14.1. The Bertz CT molecular complexity index is 138. The van der Waals surface area contributed by atoms with Gasteiger partial charge < -0.3 is 0 Å². The van der Waals surface area contributed by atoms with E-state index < -0.39 is 0 Å². The first-order valence-corrected chi connectivity index (χ1v) is 5.78. The Morgan fingerprint density at radius 1 is 1.55 bits per heavy atom. The van der Waals surface area contributed by atoms with Crippen LogP contribution in [0.1, 0.15) is 45.4 Å². The molecule has 1 rings (SSSR count). The molecule has 0 aromatic heterocycles. The van der Waals surface area contributed by atoms with Crippen molar-refractivity contribution in [3.63, 3.8) is 0 Å². The van der Waals surface area contributed by atoms with Gasteiger partial charge in [-0.25, -0.2) is 0 Å². The van der Waals surface area contributed by atoms with Crippen molar-refractivity contribution in [2.75, 3.05) is 0 Å². The van der Waals surface area contributed by atoms with Gasteiger partial charge in [0.25, 0.3) is 0 Å². The zero-order valence-electron chi connectivity index (χ0n) is 7.28. The van der Waals surface area contributed by atoms with Crippen LogP contribution in [-0.2, 0) is 0 Å². The van der Waals surface area contributed by atoms with E-state index in [1.165, 1.54) is 38.5 Å². The first-order valence-electron chi connectivity index (χ1n) is 4.70.